The zero-order valence-electron chi connectivity index (χ0n) is 17.7. The molecule has 2 aromatic carbocycles. The number of rotatable bonds is 6. The number of halogens is 1. The van der Waals surface area contributed by atoms with Crippen molar-refractivity contribution >= 4 is 17.5 Å². The number of aromatic nitrogens is 2. The SMILES string of the molecule is CNC(=O)c1ccc(NC(=O)CN2CCCC(c3nc(-c4cccc(F)c4)no3)C2)cc1. The largest absolute Gasteiger partial charge is 0.355 e. The molecule has 9 heteroatoms. The number of likely N-dealkylation sites (tertiary alicyclic amines) is 1. The number of amides is 2. The monoisotopic (exact) mass is 437 g/mol. The molecule has 0 bridgehead atoms. The van der Waals surface area contributed by atoms with Crippen LogP contribution < -0.4 is 10.6 Å². The molecule has 1 saturated heterocycles. The summed E-state index contributed by atoms with van der Waals surface area (Å²) in [6.07, 6.45) is 1.78. The maximum atomic E-state index is 13.5. The van der Waals surface area contributed by atoms with Gasteiger partial charge in [-0.25, -0.2) is 4.39 Å². The van der Waals surface area contributed by atoms with Crippen LogP contribution in [0.4, 0.5) is 10.1 Å². The van der Waals surface area contributed by atoms with E-state index in [9.17, 15) is 14.0 Å². The Bertz CT molecular complexity index is 1100. The molecule has 2 amide bonds. The van der Waals surface area contributed by atoms with Gasteiger partial charge in [-0.2, -0.15) is 4.98 Å². The topological polar surface area (TPSA) is 100 Å². The van der Waals surface area contributed by atoms with E-state index in [0.29, 0.717) is 35.1 Å². The first-order chi connectivity index (χ1) is 15.5. The molecule has 166 valence electrons. The molecular formula is C23H24FN5O3. The van der Waals surface area contributed by atoms with E-state index in [2.05, 4.69) is 25.7 Å². The summed E-state index contributed by atoms with van der Waals surface area (Å²) in [7, 11) is 1.57. The molecule has 1 aliphatic heterocycles. The van der Waals surface area contributed by atoms with Crippen LogP contribution in [0, 0.1) is 5.82 Å². The maximum Gasteiger partial charge on any atom is 0.251 e. The predicted molar refractivity (Wildman–Crippen MR) is 117 cm³/mol. The Balaban J connectivity index is 1.34. The Labute approximate surface area is 184 Å². The summed E-state index contributed by atoms with van der Waals surface area (Å²) in [4.78, 5) is 30.6. The number of carbonyl (C=O) groups excluding carboxylic acids is 2. The molecule has 3 aromatic rings. The normalized spacial score (nSPS) is 16.5. The number of carbonyl (C=O) groups is 2. The second-order valence-corrected chi connectivity index (χ2v) is 7.75. The predicted octanol–water partition coefficient (Wildman–Crippen LogP) is 3.05. The van der Waals surface area contributed by atoms with Crippen LogP contribution in [-0.2, 0) is 4.79 Å². The summed E-state index contributed by atoms with van der Waals surface area (Å²) in [5, 5.41) is 9.41. The van der Waals surface area contributed by atoms with Crippen molar-refractivity contribution in [2.75, 3.05) is 32.0 Å². The van der Waals surface area contributed by atoms with Crippen molar-refractivity contribution in [1.82, 2.24) is 20.4 Å². The van der Waals surface area contributed by atoms with E-state index < -0.39 is 0 Å². The van der Waals surface area contributed by atoms with Crippen molar-refractivity contribution in [2.45, 2.75) is 18.8 Å². The molecule has 32 heavy (non-hydrogen) atoms. The van der Waals surface area contributed by atoms with Crippen LogP contribution in [0.1, 0.15) is 35.0 Å². The van der Waals surface area contributed by atoms with Crippen LogP contribution in [0.15, 0.2) is 53.1 Å². The Hall–Kier alpha value is -3.59. The first-order valence-electron chi connectivity index (χ1n) is 10.5. The summed E-state index contributed by atoms with van der Waals surface area (Å²) < 4.78 is 18.9. The van der Waals surface area contributed by atoms with Crippen molar-refractivity contribution in [3.05, 3.63) is 65.8 Å². The fourth-order valence-electron chi connectivity index (χ4n) is 3.80. The molecular weight excluding hydrogens is 413 g/mol. The minimum Gasteiger partial charge on any atom is -0.355 e. The molecule has 1 aliphatic rings. The Kier molecular flexibility index (Phi) is 6.55. The molecule has 8 nitrogen and oxygen atoms in total. The number of piperidine rings is 1. The molecule has 1 atom stereocenters. The van der Waals surface area contributed by atoms with Gasteiger partial charge in [0.25, 0.3) is 5.91 Å². The van der Waals surface area contributed by atoms with Crippen molar-refractivity contribution < 1.29 is 18.5 Å². The highest BCUT2D eigenvalue weighted by atomic mass is 19.1. The molecule has 0 saturated carbocycles. The van der Waals surface area contributed by atoms with E-state index >= 15 is 0 Å². The number of nitrogens with zero attached hydrogens (tertiary/aromatic N) is 3. The van der Waals surface area contributed by atoms with Crippen LogP contribution in [0.25, 0.3) is 11.4 Å². The molecule has 1 fully saturated rings. The molecule has 2 heterocycles. The van der Waals surface area contributed by atoms with Crippen LogP contribution >= 0.6 is 0 Å². The minimum atomic E-state index is -0.355. The summed E-state index contributed by atoms with van der Waals surface area (Å²) >= 11 is 0. The van der Waals surface area contributed by atoms with E-state index in [4.69, 9.17) is 4.52 Å². The standard InChI is InChI=1S/C23H24FN5O3/c1-25-22(31)15-7-9-19(10-8-15)26-20(30)14-29-11-3-5-17(13-29)23-27-21(28-32-23)16-4-2-6-18(24)12-16/h2,4,6-10,12,17H,3,5,11,13-14H2,1H3,(H,25,31)(H,26,30). The van der Waals surface area contributed by atoms with E-state index in [1.807, 2.05) is 0 Å². The van der Waals surface area contributed by atoms with Gasteiger partial charge in [-0.1, -0.05) is 17.3 Å². The van der Waals surface area contributed by atoms with Gasteiger partial charge in [-0.3, -0.25) is 14.5 Å². The smallest absolute Gasteiger partial charge is 0.251 e. The molecule has 2 N–H and O–H groups in total. The van der Waals surface area contributed by atoms with E-state index in [-0.39, 0.29) is 30.1 Å². The van der Waals surface area contributed by atoms with Gasteiger partial charge in [-0.05, 0) is 55.8 Å². The fourth-order valence-corrected chi connectivity index (χ4v) is 3.80. The van der Waals surface area contributed by atoms with E-state index in [1.54, 1.807) is 43.4 Å². The van der Waals surface area contributed by atoms with Gasteiger partial charge in [-0.15, -0.1) is 0 Å². The van der Waals surface area contributed by atoms with Gasteiger partial charge in [0.2, 0.25) is 17.6 Å². The van der Waals surface area contributed by atoms with Gasteiger partial charge in [0.1, 0.15) is 5.82 Å². The van der Waals surface area contributed by atoms with Crippen LogP contribution in [0.5, 0.6) is 0 Å². The second kappa shape index (κ2) is 9.69. The second-order valence-electron chi connectivity index (χ2n) is 7.75. The van der Waals surface area contributed by atoms with Crippen molar-refractivity contribution in [3.63, 3.8) is 0 Å². The van der Waals surface area contributed by atoms with Crippen LogP contribution in [0.3, 0.4) is 0 Å². The first kappa shape index (κ1) is 21.6. The third-order valence-electron chi connectivity index (χ3n) is 5.40. The van der Waals surface area contributed by atoms with Gasteiger partial charge < -0.3 is 15.2 Å². The quantitative estimate of drug-likeness (QED) is 0.615. The molecule has 1 aromatic heterocycles. The molecule has 0 radical (unpaired) electrons. The Morgan fingerprint density at radius 2 is 2.03 bits per heavy atom. The van der Waals surface area contributed by atoms with E-state index in [1.165, 1.54) is 12.1 Å². The van der Waals surface area contributed by atoms with Gasteiger partial charge in [0.05, 0.1) is 12.5 Å². The highest BCUT2D eigenvalue weighted by Crippen LogP contribution is 2.27. The number of anilines is 1. The highest BCUT2D eigenvalue weighted by molar-refractivity contribution is 5.96. The summed E-state index contributed by atoms with van der Waals surface area (Å²) in [6, 6.07) is 12.8. The molecule has 1 unspecified atom stereocenters. The zero-order valence-corrected chi connectivity index (χ0v) is 17.7. The summed E-state index contributed by atoms with van der Waals surface area (Å²) in [6.45, 7) is 1.65. The number of hydrogen-bond donors (Lipinski definition) is 2. The molecule has 0 spiro atoms. The Morgan fingerprint density at radius 3 is 2.78 bits per heavy atom. The van der Waals surface area contributed by atoms with Crippen molar-refractivity contribution in [2.24, 2.45) is 0 Å². The third kappa shape index (κ3) is 5.17. The summed E-state index contributed by atoms with van der Waals surface area (Å²) in [5.74, 6) is 0.201. The lowest BCUT2D eigenvalue weighted by molar-refractivity contribution is -0.117. The van der Waals surface area contributed by atoms with Crippen LogP contribution in [-0.4, -0.2) is 53.5 Å². The van der Waals surface area contributed by atoms with Gasteiger partial charge in [0.15, 0.2) is 0 Å². The number of nitrogens with one attached hydrogen (secondary N) is 2. The number of benzene rings is 2. The average Bonchev–Trinajstić information content (AvgIpc) is 3.30. The number of hydrogen-bond acceptors (Lipinski definition) is 6. The average molecular weight is 437 g/mol. The van der Waals surface area contributed by atoms with Crippen LogP contribution in [0.2, 0.25) is 0 Å². The van der Waals surface area contributed by atoms with Gasteiger partial charge >= 0.3 is 0 Å². The maximum absolute atomic E-state index is 13.5. The molecule has 4 rings (SSSR count). The lowest BCUT2D eigenvalue weighted by atomic mass is 9.98. The summed E-state index contributed by atoms with van der Waals surface area (Å²) in [5.41, 5.74) is 1.73. The van der Waals surface area contributed by atoms with Crippen molar-refractivity contribution in [1.29, 1.82) is 0 Å². The van der Waals surface area contributed by atoms with Crippen molar-refractivity contribution in [3.8, 4) is 11.4 Å². The minimum absolute atomic E-state index is 0.0122. The van der Waals surface area contributed by atoms with E-state index in [0.717, 1.165) is 19.4 Å². The Morgan fingerprint density at radius 1 is 1.22 bits per heavy atom. The zero-order chi connectivity index (χ0) is 22.5. The highest BCUT2D eigenvalue weighted by Gasteiger charge is 2.27. The van der Waals surface area contributed by atoms with Gasteiger partial charge in [0, 0.05) is 30.4 Å². The lowest BCUT2D eigenvalue weighted by Crippen LogP contribution is -2.39. The lowest BCUT2D eigenvalue weighted by Gasteiger charge is -2.30. The third-order valence-corrected chi connectivity index (χ3v) is 5.40. The fraction of sp³-hybridized carbons (Fsp3) is 0.304. The first-order valence-corrected chi connectivity index (χ1v) is 10.5. The molecule has 0 aliphatic carbocycles.